The Morgan fingerprint density at radius 2 is 1.92 bits per heavy atom. The summed E-state index contributed by atoms with van der Waals surface area (Å²) in [5.41, 5.74) is 9.58. The third-order valence-electron chi connectivity index (χ3n) is 9.74. The fourth-order valence-corrected chi connectivity index (χ4v) is 6.78. The van der Waals surface area contributed by atoms with Crippen LogP contribution in [0.3, 0.4) is 0 Å². The van der Waals surface area contributed by atoms with Crippen LogP contribution in [0.2, 0.25) is 0 Å². The van der Waals surface area contributed by atoms with Gasteiger partial charge in [-0.25, -0.2) is 4.39 Å². The normalized spacial score (nSPS) is 21.8. The number of benzene rings is 2. The summed E-state index contributed by atoms with van der Waals surface area (Å²) in [6, 6.07) is 8.93. The maximum atomic E-state index is 15.8. The Balaban J connectivity index is 1.08. The lowest BCUT2D eigenvalue weighted by Gasteiger charge is -2.25. The molecule has 3 aromatic rings. The first-order valence-corrected chi connectivity index (χ1v) is 17.8. The largest absolute Gasteiger partial charge is 0.504 e. The molecule has 0 aliphatic carbocycles. The summed E-state index contributed by atoms with van der Waals surface area (Å²) >= 11 is 0. The van der Waals surface area contributed by atoms with Crippen LogP contribution in [0, 0.1) is 11.7 Å². The van der Waals surface area contributed by atoms with Gasteiger partial charge in [-0.2, -0.15) is 0 Å². The Kier molecular flexibility index (Phi) is 11.1. The summed E-state index contributed by atoms with van der Waals surface area (Å²) in [6.07, 6.45) is 13.4. The number of dihydropyridines is 2. The predicted octanol–water partition coefficient (Wildman–Crippen LogP) is 4.58. The molecule has 1 amide bonds. The van der Waals surface area contributed by atoms with Crippen molar-refractivity contribution < 1.29 is 33.2 Å². The topological polar surface area (TPSA) is 158 Å². The molecule has 4 aliphatic rings. The number of aromatic hydroxyl groups is 1. The molecule has 4 aliphatic heterocycles. The van der Waals surface area contributed by atoms with Gasteiger partial charge in [-0.1, -0.05) is 18.2 Å². The van der Waals surface area contributed by atoms with Gasteiger partial charge in [0, 0.05) is 61.4 Å². The van der Waals surface area contributed by atoms with Gasteiger partial charge < -0.3 is 50.3 Å². The van der Waals surface area contributed by atoms with Gasteiger partial charge >= 0.3 is 0 Å². The second-order valence-corrected chi connectivity index (χ2v) is 13.7. The Labute approximate surface area is 306 Å². The molecule has 278 valence electrons. The summed E-state index contributed by atoms with van der Waals surface area (Å²) in [7, 11) is 0. The number of nitrogens with one attached hydrogen (secondary N) is 3. The van der Waals surface area contributed by atoms with Crippen LogP contribution in [0.4, 0.5) is 10.1 Å². The highest BCUT2D eigenvalue weighted by Crippen LogP contribution is 2.34. The molecule has 2 unspecified atom stereocenters. The van der Waals surface area contributed by atoms with E-state index in [1.165, 1.54) is 12.1 Å². The number of pyridine rings is 1. The third kappa shape index (κ3) is 8.55. The number of nitrogens with two attached hydrogens (primary N) is 1. The van der Waals surface area contributed by atoms with Crippen molar-refractivity contribution in [1.82, 2.24) is 15.2 Å². The molecule has 12 nitrogen and oxygen atoms in total. The summed E-state index contributed by atoms with van der Waals surface area (Å²) in [6.45, 7) is 5.65. The maximum absolute atomic E-state index is 15.8. The van der Waals surface area contributed by atoms with Crippen molar-refractivity contribution >= 4 is 22.7 Å². The molecule has 13 heteroatoms. The highest BCUT2D eigenvalue weighted by molar-refractivity contribution is 6.04. The highest BCUT2D eigenvalue weighted by Gasteiger charge is 2.24. The van der Waals surface area contributed by atoms with Crippen molar-refractivity contribution in [3.05, 3.63) is 123 Å². The fourth-order valence-electron chi connectivity index (χ4n) is 6.78. The SMILES string of the molecule is CC1=CNC(c2cn(CC3CCOCC3)cc(C(=O)Nc3ccc(C4=CC(c5ccc(OC[C@@H]6COCCO6)c(O)c5)=CNC4N)c(F)c3)c2=O)C=C1. The van der Waals surface area contributed by atoms with Crippen molar-refractivity contribution in [2.75, 3.05) is 45.0 Å². The average Bonchev–Trinajstić information content (AvgIpc) is 3.16. The Morgan fingerprint density at radius 3 is 2.66 bits per heavy atom. The Bertz CT molecular complexity index is 2030. The van der Waals surface area contributed by atoms with Gasteiger partial charge in [-0.15, -0.1) is 0 Å². The zero-order chi connectivity index (χ0) is 36.9. The second-order valence-electron chi connectivity index (χ2n) is 13.7. The number of hydrogen-bond donors (Lipinski definition) is 5. The lowest BCUT2D eigenvalue weighted by molar-refractivity contribution is -0.101. The summed E-state index contributed by atoms with van der Waals surface area (Å²) < 4.78 is 40.0. The van der Waals surface area contributed by atoms with Crippen molar-refractivity contribution in [3.8, 4) is 11.5 Å². The molecule has 0 bridgehead atoms. The number of rotatable bonds is 10. The minimum atomic E-state index is -0.722. The lowest BCUT2D eigenvalue weighted by atomic mass is 9.94. The molecule has 53 heavy (non-hydrogen) atoms. The van der Waals surface area contributed by atoms with Gasteiger partial charge in [0.15, 0.2) is 16.9 Å². The standard InChI is InChI=1S/C40H44FN5O7/c1-24-2-6-35(43-17-24)32-20-46(19-25-8-10-50-11-9-25)21-33(38(32)48)40(49)45-28-4-5-30(34(41)16-28)31-14-27(18-44-39(31)42)26-3-7-37(36(47)15-26)53-23-29-22-51-12-13-52-29/h2-7,14-18,20-21,25,29,35,39,43-44,47H,8-13,19,22-23,42H2,1H3,(H,45,49)/t29-,35?,39?/m0/s1. The van der Waals surface area contributed by atoms with Crippen molar-refractivity contribution in [2.45, 2.75) is 44.6 Å². The summed E-state index contributed by atoms with van der Waals surface area (Å²) in [5, 5.41) is 19.7. The number of carbonyl (C=O) groups excluding carboxylic acids is 1. The molecule has 1 aromatic heterocycles. The molecular weight excluding hydrogens is 681 g/mol. The predicted molar refractivity (Wildman–Crippen MR) is 199 cm³/mol. The number of allylic oxidation sites excluding steroid dienone is 4. The number of carbonyl (C=O) groups is 1. The molecule has 0 spiro atoms. The van der Waals surface area contributed by atoms with E-state index in [0.717, 1.165) is 18.4 Å². The number of ether oxygens (including phenoxy) is 4. The van der Waals surface area contributed by atoms with E-state index >= 15 is 4.39 Å². The monoisotopic (exact) mass is 725 g/mol. The number of hydrogen-bond acceptors (Lipinski definition) is 10. The quantitative estimate of drug-likeness (QED) is 0.200. The van der Waals surface area contributed by atoms with E-state index in [-0.39, 0.29) is 35.3 Å². The van der Waals surface area contributed by atoms with Crippen LogP contribution in [0.5, 0.6) is 11.5 Å². The molecule has 5 heterocycles. The van der Waals surface area contributed by atoms with Crippen molar-refractivity contribution in [2.24, 2.45) is 11.7 Å². The summed E-state index contributed by atoms with van der Waals surface area (Å²) in [5.74, 6) is -0.659. The van der Waals surface area contributed by atoms with E-state index in [1.54, 1.807) is 42.7 Å². The van der Waals surface area contributed by atoms with E-state index < -0.39 is 29.4 Å². The van der Waals surface area contributed by atoms with Crippen molar-refractivity contribution in [1.29, 1.82) is 0 Å². The van der Waals surface area contributed by atoms with Crippen LogP contribution in [-0.4, -0.2) is 67.5 Å². The first-order chi connectivity index (χ1) is 25.7. The number of anilines is 1. The number of phenols is 1. The second kappa shape index (κ2) is 16.2. The first kappa shape index (κ1) is 36.2. The average molecular weight is 726 g/mol. The number of nitrogens with zero attached hydrogens (tertiary/aromatic N) is 1. The number of amides is 1. The van der Waals surface area contributed by atoms with Gasteiger partial charge in [0.1, 0.15) is 30.3 Å². The van der Waals surface area contributed by atoms with E-state index in [0.29, 0.717) is 73.5 Å². The molecule has 6 N–H and O–H groups in total. The lowest BCUT2D eigenvalue weighted by Crippen LogP contribution is -2.37. The maximum Gasteiger partial charge on any atom is 0.261 e. The number of aromatic nitrogens is 1. The van der Waals surface area contributed by atoms with Gasteiger partial charge in [0.2, 0.25) is 0 Å². The van der Waals surface area contributed by atoms with E-state index in [4.69, 9.17) is 24.7 Å². The molecule has 0 saturated carbocycles. The number of halogens is 1. The van der Waals surface area contributed by atoms with E-state index in [1.807, 2.05) is 36.0 Å². The van der Waals surface area contributed by atoms with Gasteiger partial charge in [0.25, 0.3) is 5.91 Å². The number of phenolic OH excluding ortho intramolecular Hbond substituents is 1. The minimum Gasteiger partial charge on any atom is -0.504 e. The molecule has 7 rings (SSSR count). The zero-order valence-electron chi connectivity index (χ0n) is 29.5. The fraction of sp³-hybridized carbons (Fsp3) is 0.350. The molecule has 0 radical (unpaired) electrons. The molecule has 2 fully saturated rings. The van der Waals surface area contributed by atoms with Crippen LogP contribution < -0.4 is 31.8 Å². The molecule has 2 saturated heterocycles. The van der Waals surface area contributed by atoms with E-state index in [2.05, 4.69) is 16.0 Å². The van der Waals surface area contributed by atoms with Crippen LogP contribution in [-0.2, 0) is 20.8 Å². The van der Waals surface area contributed by atoms with Crippen LogP contribution in [0.25, 0.3) is 11.1 Å². The first-order valence-electron chi connectivity index (χ1n) is 17.8. The van der Waals surface area contributed by atoms with Crippen LogP contribution in [0.1, 0.15) is 52.9 Å². The molecule has 2 aromatic carbocycles. The van der Waals surface area contributed by atoms with E-state index in [9.17, 15) is 14.7 Å². The molecule has 3 atom stereocenters. The van der Waals surface area contributed by atoms with Crippen molar-refractivity contribution in [3.63, 3.8) is 0 Å². The third-order valence-corrected chi connectivity index (χ3v) is 9.74. The minimum absolute atomic E-state index is 0.0347. The summed E-state index contributed by atoms with van der Waals surface area (Å²) in [4.78, 5) is 27.4. The van der Waals surface area contributed by atoms with Crippen LogP contribution >= 0.6 is 0 Å². The Morgan fingerprint density at radius 1 is 1.08 bits per heavy atom. The Hall–Kier alpha value is -5.21. The van der Waals surface area contributed by atoms with Gasteiger partial charge in [-0.05, 0) is 84.4 Å². The molecular formula is C40H44FN5O7. The smallest absolute Gasteiger partial charge is 0.261 e. The van der Waals surface area contributed by atoms with Gasteiger partial charge in [-0.3, -0.25) is 9.59 Å². The van der Waals surface area contributed by atoms with Crippen LogP contribution in [0.15, 0.2) is 89.8 Å². The highest BCUT2D eigenvalue weighted by atomic mass is 19.1. The van der Waals surface area contributed by atoms with Gasteiger partial charge in [0.05, 0.1) is 25.9 Å². The zero-order valence-corrected chi connectivity index (χ0v) is 29.5.